The molecule has 0 aromatic heterocycles. The van der Waals surface area contributed by atoms with E-state index in [1.54, 1.807) is 13.0 Å². The Morgan fingerprint density at radius 3 is 2.58 bits per heavy atom. The molecule has 1 aliphatic rings. The Labute approximate surface area is 138 Å². The van der Waals surface area contributed by atoms with E-state index < -0.39 is 18.6 Å². The van der Waals surface area contributed by atoms with Gasteiger partial charge in [-0.3, -0.25) is 4.79 Å². The van der Waals surface area contributed by atoms with Gasteiger partial charge in [-0.1, -0.05) is 13.0 Å². The number of alkyl halides is 3. The van der Waals surface area contributed by atoms with Gasteiger partial charge in [0.15, 0.2) is 0 Å². The largest absolute Gasteiger partial charge is 0.406 e. The van der Waals surface area contributed by atoms with E-state index in [-0.39, 0.29) is 24.2 Å². The molecular formula is C16H20F3N3O2. The number of nitrogens with zero attached hydrogens (tertiary/aromatic N) is 1. The molecule has 2 N–H and O–H groups in total. The molecule has 1 aromatic rings. The van der Waals surface area contributed by atoms with E-state index in [1.165, 1.54) is 18.2 Å². The Kier molecular flexibility index (Phi) is 5.69. The van der Waals surface area contributed by atoms with Gasteiger partial charge >= 0.3 is 12.2 Å². The van der Waals surface area contributed by atoms with Crippen molar-refractivity contribution in [3.63, 3.8) is 0 Å². The number of anilines is 1. The molecule has 8 heteroatoms. The third kappa shape index (κ3) is 5.75. The zero-order valence-electron chi connectivity index (χ0n) is 13.3. The first-order valence-corrected chi connectivity index (χ1v) is 7.82. The van der Waals surface area contributed by atoms with Crippen molar-refractivity contribution in [3.8, 4) is 0 Å². The summed E-state index contributed by atoms with van der Waals surface area (Å²) in [5, 5.41) is 5.32. The molecule has 5 nitrogen and oxygen atoms in total. The molecule has 0 radical (unpaired) electrons. The van der Waals surface area contributed by atoms with Crippen molar-refractivity contribution in [2.75, 3.05) is 18.4 Å². The predicted octanol–water partition coefficient (Wildman–Crippen LogP) is 3.39. The van der Waals surface area contributed by atoms with Crippen LogP contribution in [0.1, 0.15) is 36.5 Å². The van der Waals surface area contributed by atoms with Gasteiger partial charge in [0.05, 0.1) is 0 Å². The maximum atomic E-state index is 12.6. The molecule has 1 aliphatic carbocycles. The SMILES string of the molecule is CCCN(CC(F)(F)F)C(=O)c1cccc(NC(=O)NC2CC2)c1. The van der Waals surface area contributed by atoms with Crippen LogP contribution in [0, 0.1) is 0 Å². The summed E-state index contributed by atoms with van der Waals surface area (Å²) in [5.74, 6) is -0.708. The fourth-order valence-electron chi connectivity index (χ4n) is 2.23. The Morgan fingerprint density at radius 1 is 1.29 bits per heavy atom. The summed E-state index contributed by atoms with van der Waals surface area (Å²) in [6.07, 6.45) is -2.15. The smallest absolute Gasteiger partial charge is 0.335 e. The second-order valence-electron chi connectivity index (χ2n) is 5.80. The molecule has 0 unspecified atom stereocenters. The van der Waals surface area contributed by atoms with E-state index in [4.69, 9.17) is 0 Å². The molecule has 0 heterocycles. The molecule has 2 rings (SSSR count). The summed E-state index contributed by atoms with van der Waals surface area (Å²) in [6.45, 7) is 0.425. The number of hydrogen-bond donors (Lipinski definition) is 2. The molecule has 3 amide bonds. The summed E-state index contributed by atoms with van der Waals surface area (Å²) < 4.78 is 37.9. The monoisotopic (exact) mass is 343 g/mol. The molecule has 0 bridgehead atoms. The Bertz CT molecular complexity index is 600. The van der Waals surface area contributed by atoms with Crippen molar-refractivity contribution >= 4 is 17.6 Å². The Morgan fingerprint density at radius 2 is 2.00 bits per heavy atom. The van der Waals surface area contributed by atoms with Gasteiger partial charge in [0.25, 0.3) is 5.91 Å². The quantitative estimate of drug-likeness (QED) is 0.832. The summed E-state index contributed by atoms with van der Waals surface area (Å²) in [7, 11) is 0. The lowest BCUT2D eigenvalue weighted by atomic mass is 10.1. The first-order chi connectivity index (χ1) is 11.3. The highest BCUT2D eigenvalue weighted by atomic mass is 19.4. The third-order valence-electron chi connectivity index (χ3n) is 3.43. The lowest BCUT2D eigenvalue weighted by molar-refractivity contribution is -0.140. The fourth-order valence-corrected chi connectivity index (χ4v) is 2.23. The van der Waals surface area contributed by atoms with Crippen LogP contribution in [0.25, 0.3) is 0 Å². The van der Waals surface area contributed by atoms with E-state index in [0.717, 1.165) is 17.7 Å². The summed E-state index contributed by atoms with van der Waals surface area (Å²) >= 11 is 0. The molecule has 132 valence electrons. The zero-order chi connectivity index (χ0) is 17.7. The number of hydrogen-bond acceptors (Lipinski definition) is 2. The predicted molar refractivity (Wildman–Crippen MR) is 83.9 cm³/mol. The first kappa shape index (κ1) is 18.1. The number of amides is 3. The second kappa shape index (κ2) is 7.55. The fraction of sp³-hybridized carbons (Fsp3) is 0.500. The van der Waals surface area contributed by atoms with Gasteiger partial charge in [0.1, 0.15) is 6.54 Å². The minimum Gasteiger partial charge on any atom is -0.335 e. The van der Waals surface area contributed by atoms with E-state index in [1.807, 2.05) is 0 Å². The van der Waals surface area contributed by atoms with Crippen LogP contribution in [0.5, 0.6) is 0 Å². The van der Waals surface area contributed by atoms with Crippen LogP contribution in [-0.2, 0) is 0 Å². The number of carbonyl (C=O) groups excluding carboxylic acids is 2. The summed E-state index contributed by atoms with van der Waals surface area (Å²) in [6, 6.07) is 5.72. The third-order valence-corrected chi connectivity index (χ3v) is 3.43. The maximum Gasteiger partial charge on any atom is 0.406 e. The van der Waals surface area contributed by atoms with E-state index in [2.05, 4.69) is 10.6 Å². The number of rotatable bonds is 6. The van der Waals surface area contributed by atoms with E-state index >= 15 is 0 Å². The normalized spacial score (nSPS) is 14.2. The van der Waals surface area contributed by atoms with Gasteiger partial charge in [-0.15, -0.1) is 0 Å². The van der Waals surface area contributed by atoms with Gasteiger partial charge in [-0.05, 0) is 37.5 Å². The highest BCUT2D eigenvalue weighted by Gasteiger charge is 2.33. The Balaban J connectivity index is 2.06. The van der Waals surface area contributed by atoms with Crippen LogP contribution in [-0.4, -0.2) is 42.1 Å². The van der Waals surface area contributed by atoms with Crippen LogP contribution in [0.4, 0.5) is 23.7 Å². The van der Waals surface area contributed by atoms with Gasteiger partial charge in [-0.2, -0.15) is 13.2 Å². The highest BCUT2D eigenvalue weighted by molar-refractivity contribution is 5.97. The van der Waals surface area contributed by atoms with E-state index in [0.29, 0.717) is 12.1 Å². The lowest BCUT2D eigenvalue weighted by Gasteiger charge is -2.23. The van der Waals surface area contributed by atoms with Crippen LogP contribution < -0.4 is 10.6 Å². The van der Waals surface area contributed by atoms with Crippen LogP contribution in [0.15, 0.2) is 24.3 Å². The minimum atomic E-state index is -4.45. The second-order valence-corrected chi connectivity index (χ2v) is 5.80. The molecule has 0 saturated heterocycles. The molecule has 24 heavy (non-hydrogen) atoms. The van der Waals surface area contributed by atoms with Crippen molar-refractivity contribution in [2.45, 2.75) is 38.4 Å². The first-order valence-electron chi connectivity index (χ1n) is 7.82. The standard InChI is InChI=1S/C16H20F3N3O2/c1-2-8-22(10-16(17,18)19)14(23)11-4-3-5-13(9-11)21-15(24)20-12-6-7-12/h3-5,9,12H,2,6-8,10H2,1H3,(H2,20,21,24). The average Bonchev–Trinajstić information content (AvgIpc) is 3.28. The number of urea groups is 1. The molecule has 0 atom stereocenters. The maximum absolute atomic E-state index is 12.6. The summed E-state index contributed by atoms with van der Waals surface area (Å²) in [5.41, 5.74) is 0.472. The van der Waals surface area contributed by atoms with E-state index in [9.17, 15) is 22.8 Å². The van der Waals surface area contributed by atoms with Crippen LogP contribution in [0.3, 0.4) is 0 Å². The van der Waals surface area contributed by atoms with Gasteiger partial charge in [0, 0.05) is 23.8 Å². The van der Waals surface area contributed by atoms with Crippen molar-refractivity contribution < 1.29 is 22.8 Å². The van der Waals surface area contributed by atoms with Crippen LogP contribution in [0.2, 0.25) is 0 Å². The molecule has 1 saturated carbocycles. The van der Waals surface area contributed by atoms with Crippen molar-refractivity contribution in [3.05, 3.63) is 29.8 Å². The molecule has 0 spiro atoms. The summed E-state index contributed by atoms with van der Waals surface area (Å²) in [4.78, 5) is 24.8. The number of benzene rings is 1. The van der Waals surface area contributed by atoms with Gasteiger partial charge in [0.2, 0.25) is 0 Å². The van der Waals surface area contributed by atoms with Crippen molar-refractivity contribution in [2.24, 2.45) is 0 Å². The molecule has 1 aromatic carbocycles. The minimum absolute atomic E-state index is 0.0121. The van der Waals surface area contributed by atoms with Crippen molar-refractivity contribution in [1.29, 1.82) is 0 Å². The molecular weight excluding hydrogens is 323 g/mol. The lowest BCUT2D eigenvalue weighted by Crippen LogP contribution is -2.39. The molecule has 1 fully saturated rings. The number of carbonyl (C=O) groups is 2. The zero-order valence-corrected chi connectivity index (χ0v) is 13.3. The van der Waals surface area contributed by atoms with Crippen molar-refractivity contribution in [1.82, 2.24) is 10.2 Å². The molecule has 0 aliphatic heterocycles. The Hall–Kier alpha value is -2.25. The number of nitrogens with one attached hydrogen (secondary N) is 2. The van der Waals surface area contributed by atoms with Gasteiger partial charge in [-0.25, -0.2) is 4.79 Å². The van der Waals surface area contributed by atoms with Crippen LogP contribution >= 0.6 is 0 Å². The topological polar surface area (TPSA) is 61.4 Å². The highest BCUT2D eigenvalue weighted by Crippen LogP contribution is 2.21. The van der Waals surface area contributed by atoms with Gasteiger partial charge < -0.3 is 15.5 Å². The average molecular weight is 343 g/mol. The number of halogens is 3.